The van der Waals surface area contributed by atoms with Gasteiger partial charge in [-0.15, -0.1) is 24.0 Å². The lowest BCUT2D eigenvalue weighted by Gasteiger charge is -2.27. The van der Waals surface area contributed by atoms with Crippen LogP contribution in [0, 0.1) is 0 Å². The summed E-state index contributed by atoms with van der Waals surface area (Å²) in [6.07, 6.45) is 4.15. The third-order valence-corrected chi connectivity index (χ3v) is 4.70. The molecule has 0 spiro atoms. The first-order valence-corrected chi connectivity index (χ1v) is 9.85. The second-order valence-corrected chi connectivity index (χ2v) is 6.70. The molecular weight excluding hydrogens is 465 g/mol. The first kappa shape index (κ1) is 22.7. The Kier molecular flexibility index (Phi) is 10.4. The van der Waals surface area contributed by atoms with Crippen LogP contribution in [0.15, 0.2) is 53.8 Å². The number of aliphatic imine (C=N–C) groups is 1. The summed E-state index contributed by atoms with van der Waals surface area (Å²) in [5.74, 6) is 0.867. The van der Waals surface area contributed by atoms with Crippen LogP contribution in [0.2, 0.25) is 0 Å². The van der Waals surface area contributed by atoms with Crippen molar-refractivity contribution in [2.45, 2.75) is 26.6 Å². The largest absolute Gasteiger partial charge is 0.379 e. The number of nitrogens with one attached hydrogen (secondary N) is 2. The fraction of sp³-hybridized carbons (Fsp3) is 0.476. The highest BCUT2D eigenvalue weighted by molar-refractivity contribution is 14.0. The number of ether oxygens (including phenoxy) is 1. The summed E-state index contributed by atoms with van der Waals surface area (Å²) in [7, 11) is 0. The highest BCUT2D eigenvalue weighted by Gasteiger charge is 2.12. The van der Waals surface area contributed by atoms with Gasteiger partial charge in [-0.2, -0.15) is 0 Å². The van der Waals surface area contributed by atoms with E-state index in [0.717, 1.165) is 58.4 Å². The molecule has 1 aliphatic rings. The van der Waals surface area contributed by atoms with Crippen LogP contribution >= 0.6 is 24.0 Å². The molecule has 1 saturated heterocycles. The molecule has 2 N–H and O–H groups in total. The Morgan fingerprint density at radius 2 is 1.75 bits per heavy atom. The van der Waals surface area contributed by atoms with Crippen molar-refractivity contribution in [2.24, 2.45) is 4.99 Å². The molecule has 2 aromatic rings. The average Bonchev–Trinajstić information content (AvgIpc) is 3.21. The lowest BCUT2D eigenvalue weighted by atomic mass is 10.1. The molecule has 0 aliphatic carbocycles. The van der Waals surface area contributed by atoms with Gasteiger partial charge in [0.15, 0.2) is 5.96 Å². The van der Waals surface area contributed by atoms with Crippen LogP contribution in [0.25, 0.3) is 0 Å². The van der Waals surface area contributed by atoms with Crippen molar-refractivity contribution in [3.8, 4) is 0 Å². The molecule has 0 amide bonds. The van der Waals surface area contributed by atoms with Crippen LogP contribution in [-0.2, 0) is 24.4 Å². The summed E-state index contributed by atoms with van der Waals surface area (Å²) in [4.78, 5) is 7.25. The van der Waals surface area contributed by atoms with Gasteiger partial charge in [-0.1, -0.05) is 24.3 Å². The Morgan fingerprint density at radius 1 is 1.04 bits per heavy atom. The van der Waals surface area contributed by atoms with E-state index in [1.54, 1.807) is 0 Å². The monoisotopic (exact) mass is 497 g/mol. The van der Waals surface area contributed by atoms with Crippen LogP contribution in [0.1, 0.15) is 18.1 Å². The summed E-state index contributed by atoms with van der Waals surface area (Å²) < 4.78 is 7.62. The lowest BCUT2D eigenvalue weighted by molar-refractivity contribution is 0.0341. The van der Waals surface area contributed by atoms with Crippen molar-refractivity contribution >= 4 is 29.9 Å². The molecule has 2 heterocycles. The van der Waals surface area contributed by atoms with Crippen molar-refractivity contribution in [1.29, 1.82) is 0 Å². The molecule has 7 heteroatoms. The zero-order chi connectivity index (χ0) is 18.7. The molecule has 1 fully saturated rings. The van der Waals surface area contributed by atoms with Gasteiger partial charge in [-0.3, -0.25) is 4.90 Å². The predicted molar refractivity (Wildman–Crippen MR) is 125 cm³/mol. The highest BCUT2D eigenvalue weighted by Crippen LogP contribution is 2.14. The van der Waals surface area contributed by atoms with E-state index in [1.807, 2.05) is 12.1 Å². The van der Waals surface area contributed by atoms with Crippen LogP contribution < -0.4 is 10.6 Å². The second-order valence-electron chi connectivity index (χ2n) is 6.70. The molecular formula is C21H32IN5O. The number of benzene rings is 1. The molecule has 0 radical (unpaired) electrons. The standard InChI is InChI=1S/C21H31N5O.HI/c1-2-22-21(23-9-12-25-10-5-6-11-25)24-17-19-7-3-4-8-20(19)18-26-13-15-27-16-14-26;/h3-8,10-11H,2,9,12-18H2,1H3,(H2,22,23,24);1H. The van der Waals surface area contributed by atoms with Gasteiger partial charge in [0.1, 0.15) is 0 Å². The fourth-order valence-electron chi connectivity index (χ4n) is 3.19. The van der Waals surface area contributed by atoms with Gasteiger partial charge in [0.25, 0.3) is 0 Å². The number of hydrogen-bond donors (Lipinski definition) is 2. The molecule has 0 bridgehead atoms. The van der Waals surface area contributed by atoms with E-state index in [2.05, 4.69) is 63.7 Å². The number of morpholine rings is 1. The molecule has 3 rings (SSSR count). The fourth-order valence-corrected chi connectivity index (χ4v) is 3.19. The summed E-state index contributed by atoms with van der Waals surface area (Å²) >= 11 is 0. The molecule has 28 heavy (non-hydrogen) atoms. The van der Waals surface area contributed by atoms with Crippen molar-refractivity contribution in [2.75, 3.05) is 39.4 Å². The lowest BCUT2D eigenvalue weighted by Crippen LogP contribution is -2.38. The molecule has 154 valence electrons. The summed E-state index contributed by atoms with van der Waals surface area (Å²) in [6, 6.07) is 12.7. The van der Waals surface area contributed by atoms with Gasteiger partial charge < -0.3 is 19.9 Å². The van der Waals surface area contributed by atoms with Gasteiger partial charge in [0, 0.05) is 51.7 Å². The SMILES string of the molecule is CCNC(=NCc1ccccc1CN1CCOCC1)NCCn1cccc1.I. The first-order valence-electron chi connectivity index (χ1n) is 9.85. The van der Waals surface area contributed by atoms with Crippen LogP contribution in [0.3, 0.4) is 0 Å². The number of hydrogen-bond acceptors (Lipinski definition) is 3. The van der Waals surface area contributed by atoms with Crippen LogP contribution in [0.5, 0.6) is 0 Å². The predicted octanol–water partition coefficient (Wildman–Crippen LogP) is 2.69. The van der Waals surface area contributed by atoms with E-state index in [1.165, 1.54) is 11.1 Å². The van der Waals surface area contributed by atoms with E-state index in [4.69, 9.17) is 9.73 Å². The number of nitrogens with zero attached hydrogens (tertiary/aromatic N) is 3. The maximum atomic E-state index is 5.46. The number of rotatable bonds is 8. The zero-order valence-electron chi connectivity index (χ0n) is 16.6. The normalized spacial score (nSPS) is 15.1. The Labute approximate surface area is 185 Å². The van der Waals surface area contributed by atoms with Gasteiger partial charge in [0.05, 0.1) is 19.8 Å². The summed E-state index contributed by atoms with van der Waals surface area (Å²) in [5, 5.41) is 6.76. The first-order chi connectivity index (χ1) is 13.3. The molecule has 6 nitrogen and oxygen atoms in total. The van der Waals surface area contributed by atoms with Crippen LogP contribution in [0.4, 0.5) is 0 Å². The average molecular weight is 497 g/mol. The maximum absolute atomic E-state index is 5.46. The third-order valence-electron chi connectivity index (χ3n) is 4.70. The van der Waals surface area contributed by atoms with Crippen LogP contribution in [-0.4, -0.2) is 54.8 Å². The third kappa shape index (κ3) is 7.44. The molecule has 0 atom stereocenters. The van der Waals surface area contributed by atoms with Gasteiger partial charge in [-0.25, -0.2) is 4.99 Å². The van der Waals surface area contributed by atoms with Gasteiger partial charge in [-0.05, 0) is 30.2 Å². The van der Waals surface area contributed by atoms with E-state index >= 15 is 0 Å². The maximum Gasteiger partial charge on any atom is 0.191 e. The Balaban J connectivity index is 0.00000280. The Morgan fingerprint density at radius 3 is 2.46 bits per heavy atom. The van der Waals surface area contributed by atoms with E-state index in [0.29, 0.717) is 6.54 Å². The van der Waals surface area contributed by atoms with E-state index in [9.17, 15) is 0 Å². The smallest absolute Gasteiger partial charge is 0.191 e. The van der Waals surface area contributed by atoms with Crippen molar-refractivity contribution < 1.29 is 4.74 Å². The summed E-state index contributed by atoms with van der Waals surface area (Å²) in [5.41, 5.74) is 2.64. The molecule has 0 saturated carbocycles. The zero-order valence-corrected chi connectivity index (χ0v) is 19.0. The minimum Gasteiger partial charge on any atom is -0.379 e. The number of guanidine groups is 1. The van der Waals surface area contributed by atoms with Crippen molar-refractivity contribution in [1.82, 2.24) is 20.1 Å². The topological polar surface area (TPSA) is 53.8 Å². The molecule has 0 unspecified atom stereocenters. The Bertz CT molecular complexity index is 699. The second kappa shape index (κ2) is 12.8. The summed E-state index contributed by atoms with van der Waals surface area (Å²) in [6.45, 7) is 10.0. The highest BCUT2D eigenvalue weighted by atomic mass is 127. The van der Waals surface area contributed by atoms with E-state index in [-0.39, 0.29) is 24.0 Å². The van der Waals surface area contributed by atoms with E-state index < -0.39 is 0 Å². The minimum atomic E-state index is 0. The number of halogens is 1. The molecule has 1 aromatic heterocycles. The Hall–Kier alpha value is -1.58. The minimum absolute atomic E-state index is 0. The molecule has 1 aromatic carbocycles. The van der Waals surface area contributed by atoms with Crippen molar-refractivity contribution in [3.63, 3.8) is 0 Å². The van der Waals surface area contributed by atoms with Gasteiger partial charge >= 0.3 is 0 Å². The number of aromatic nitrogens is 1. The van der Waals surface area contributed by atoms with Crippen molar-refractivity contribution in [3.05, 3.63) is 59.9 Å². The quantitative estimate of drug-likeness (QED) is 0.335. The van der Waals surface area contributed by atoms with Gasteiger partial charge in [0.2, 0.25) is 0 Å². The molecule has 1 aliphatic heterocycles.